The molecule has 0 spiro atoms. The van der Waals surface area contributed by atoms with Gasteiger partial charge in [-0.3, -0.25) is 4.99 Å². The lowest BCUT2D eigenvalue weighted by Gasteiger charge is -2.37. The van der Waals surface area contributed by atoms with Gasteiger partial charge >= 0.3 is 0 Å². The SMILES string of the molecule is CCCCCCN=C1CC(C)(C)CC2=C1Sc1ncnc(N(C)C)c1N2. The summed E-state index contributed by atoms with van der Waals surface area (Å²) in [6.45, 7) is 7.85. The van der Waals surface area contributed by atoms with Crippen molar-refractivity contribution in [1.29, 1.82) is 0 Å². The van der Waals surface area contributed by atoms with Crippen LogP contribution in [0.1, 0.15) is 59.3 Å². The molecule has 1 aliphatic heterocycles. The molecule has 1 aromatic rings. The van der Waals surface area contributed by atoms with Gasteiger partial charge in [-0.1, -0.05) is 51.8 Å². The van der Waals surface area contributed by atoms with Crippen molar-refractivity contribution in [2.45, 2.75) is 64.3 Å². The van der Waals surface area contributed by atoms with Crippen LogP contribution >= 0.6 is 11.8 Å². The Morgan fingerprint density at radius 3 is 2.73 bits per heavy atom. The lowest BCUT2D eigenvalue weighted by atomic mass is 9.78. The van der Waals surface area contributed by atoms with Crippen LogP contribution in [0.5, 0.6) is 0 Å². The van der Waals surface area contributed by atoms with Crippen molar-refractivity contribution in [3.63, 3.8) is 0 Å². The molecule has 0 bridgehead atoms. The number of allylic oxidation sites excluding steroid dienone is 2. The van der Waals surface area contributed by atoms with Gasteiger partial charge in [0, 0.05) is 26.3 Å². The van der Waals surface area contributed by atoms with Crippen molar-refractivity contribution < 1.29 is 0 Å². The maximum absolute atomic E-state index is 5.01. The van der Waals surface area contributed by atoms with Crippen LogP contribution in [0.3, 0.4) is 0 Å². The van der Waals surface area contributed by atoms with E-state index in [2.05, 4.69) is 36.1 Å². The monoisotopic (exact) mass is 373 g/mol. The number of thioether (sulfide) groups is 1. The summed E-state index contributed by atoms with van der Waals surface area (Å²) in [6.07, 6.45) is 8.75. The lowest BCUT2D eigenvalue weighted by molar-refractivity contribution is 0.373. The van der Waals surface area contributed by atoms with E-state index >= 15 is 0 Å². The average Bonchev–Trinajstić information content (AvgIpc) is 2.58. The molecule has 1 aliphatic carbocycles. The van der Waals surface area contributed by atoms with E-state index in [0.29, 0.717) is 0 Å². The van der Waals surface area contributed by atoms with Crippen molar-refractivity contribution in [1.82, 2.24) is 9.97 Å². The van der Waals surface area contributed by atoms with Gasteiger partial charge in [-0.15, -0.1) is 0 Å². The first kappa shape index (κ1) is 19.2. The summed E-state index contributed by atoms with van der Waals surface area (Å²) in [5.41, 5.74) is 3.78. The maximum Gasteiger partial charge on any atom is 0.156 e. The van der Waals surface area contributed by atoms with E-state index in [9.17, 15) is 0 Å². The molecule has 0 atom stereocenters. The molecular weight excluding hydrogens is 342 g/mol. The van der Waals surface area contributed by atoms with Gasteiger partial charge in [-0.25, -0.2) is 9.97 Å². The Morgan fingerprint density at radius 1 is 1.19 bits per heavy atom. The topological polar surface area (TPSA) is 53.4 Å². The Morgan fingerprint density at radius 2 is 2.00 bits per heavy atom. The zero-order valence-corrected chi connectivity index (χ0v) is 17.5. The second-order valence-corrected chi connectivity index (χ2v) is 9.21. The van der Waals surface area contributed by atoms with Gasteiger partial charge < -0.3 is 10.2 Å². The van der Waals surface area contributed by atoms with Crippen LogP contribution in [-0.4, -0.2) is 36.3 Å². The standard InChI is InChI=1S/C20H31N5S/c1-6-7-8-9-10-21-14-11-20(2,3)12-15-17(14)26-19-16(24-15)18(25(4)5)22-13-23-19/h13,24H,6-12H2,1-5H3. The first-order valence-electron chi connectivity index (χ1n) is 9.65. The molecule has 2 aliphatic rings. The Bertz CT molecular complexity index is 721. The number of nitrogens with zero attached hydrogens (tertiary/aromatic N) is 4. The van der Waals surface area contributed by atoms with Crippen LogP contribution in [0, 0.1) is 5.41 Å². The third-order valence-electron chi connectivity index (χ3n) is 4.84. The number of unbranched alkanes of at least 4 members (excludes halogenated alkanes) is 3. The maximum atomic E-state index is 5.01. The zero-order valence-electron chi connectivity index (χ0n) is 16.7. The third-order valence-corrected chi connectivity index (χ3v) is 6.03. The fourth-order valence-corrected chi connectivity index (χ4v) is 4.60. The van der Waals surface area contributed by atoms with E-state index in [4.69, 9.17) is 4.99 Å². The number of rotatable bonds is 6. The highest BCUT2D eigenvalue weighted by Crippen LogP contribution is 2.49. The van der Waals surface area contributed by atoms with Crippen LogP contribution in [-0.2, 0) is 0 Å². The molecule has 3 rings (SSSR count). The van der Waals surface area contributed by atoms with Crippen LogP contribution in [0.25, 0.3) is 0 Å². The predicted molar refractivity (Wildman–Crippen MR) is 112 cm³/mol. The Balaban J connectivity index is 1.87. The van der Waals surface area contributed by atoms with Gasteiger partial charge in [-0.05, 0) is 24.7 Å². The van der Waals surface area contributed by atoms with Gasteiger partial charge in [-0.2, -0.15) is 0 Å². The molecule has 2 heterocycles. The van der Waals surface area contributed by atoms with Gasteiger partial charge in [0.15, 0.2) is 5.82 Å². The summed E-state index contributed by atoms with van der Waals surface area (Å²) in [5, 5.41) is 4.66. The smallest absolute Gasteiger partial charge is 0.156 e. The molecule has 1 aromatic heterocycles. The minimum Gasteiger partial charge on any atom is -0.361 e. The highest BCUT2D eigenvalue weighted by molar-refractivity contribution is 8.04. The lowest BCUT2D eigenvalue weighted by Crippen LogP contribution is -2.30. The third kappa shape index (κ3) is 4.22. The Kier molecular flexibility index (Phi) is 5.90. The van der Waals surface area contributed by atoms with Gasteiger partial charge in [0.2, 0.25) is 0 Å². The molecule has 0 amide bonds. The van der Waals surface area contributed by atoms with E-state index in [1.165, 1.54) is 42.0 Å². The summed E-state index contributed by atoms with van der Waals surface area (Å²) in [4.78, 5) is 17.3. The molecule has 0 saturated carbocycles. The van der Waals surface area contributed by atoms with Crippen LogP contribution in [0.4, 0.5) is 11.5 Å². The quantitative estimate of drug-likeness (QED) is 0.554. The van der Waals surface area contributed by atoms with Crippen molar-refractivity contribution in [3.8, 4) is 0 Å². The predicted octanol–water partition coefficient (Wildman–Crippen LogP) is 5.11. The summed E-state index contributed by atoms with van der Waals surface area (Å²) in [6, 6.07) is 0. The van der Waals surface area contributed by atoms with Crippen LogP contribution in [0.15, 0.2) is 26.9 Å². The first-order chi connectivity index (χ1) is 12.4. The zero-order chi connectivity index (χ0) is 18.7. The van der Waals surface area contributed by atoms with E-state index in [0.717, 1.165) is 35.9 Å². The van der Waals surface area contributed by atoms with Gasteiger partial charge in [0.1, 0.15) is 17.0 Å². The first-order valence-corrected chi connectivity index (χ1v) is 10.5. The van der Waals surface area contributed by atoms with Crippen molar-refractivity contribution in [3.05, 3.63) is 16.9 Å². The normalized spacial score (nSPS) is 19.8. The fraction of sp³-hybridized carbons (Fsp3) is 0.650. The Hall–Kier alpha value is -1.56. The van der Waals surface area contributed by atoms with E-state index in [1.807, 2.05) is 19.0 Å². The fourth-order valence-electron chi connectivity index (χ4n) is 3.56. The average molecular weight is 374 g/mol. The number of hydrogen-bond donors (Lipinski definition) is 1. The molecule has 0 fully saturated rings. The highest BCUT2D eigenvalue weighted by Gasteiger charge is 2.36. The molecule has 0 saturated heterocycles. The number of aromatic nitrogens is 2. The summed E-state index contributed by atoms with van der Waals surface area (Å²) in [5.74, 6) is 0.940. The molecule has 0 radical (unpaired) electrons. The molecule has 0 unspecified atom stereocenters. The van der Waals surface area contributed by atoms with Gasteiger partial charge in [0.25, 0.3) is 0 Å². The molecule has 26 heavy (non-hydrogen) atoms. The minimum absolute atomic E-state index is 0.222. The van der Waals surface area contributed by atoms with Crippen LogP contribution in [0.2, 0.25) is 0 Å². The van der Waals surface area contributed by atoms with Gasteiger partial charge in [0.05, 0.1) is 10.6 Å². The number of anilines is 2. The number of fused-ring (bicyclic) bond motifs is 1. The summed E-state index contributed by atoms with van der Waals surface area (Å²) in [7, 11) is 4.04. The van der Waals surface area contributed by atoms with Crippen molar-refractivity contribution >= 4 is 29.0 Å². The van der Waals surface area contributed by atoms with Crippen molar-refractivity contribution in [2.24, 2.45) is 10.4 Å². The van der Waals surface area contributed by atoms with Crippen LogP contribution < -0.4 is 10.2 Å². The number of nitrogens with one attached hydrogen (secondary N) is 1. The van der Waals surface area contributed by atoms with E-state index in [1.54, 1.807) is 18.1 Å². The molecule has 0 aromatic carbocycles. The number of hydrogen-bond acceptors (Lipinski definition) is 6. The molecule has 6 heteroatoms. The number of aliphatic imine (C=N–C) groups is 1. The molecule has 5 nitrogen and oxygen atoms in total. The second-order valence-electron chi connectivity index (χ2n) is 8.21. The molecular formula is C20H31N5S. The summed E-state index contributed by atoms with van der Waals surface area (Å²) < 4.78 is 0. The van der Waals surface area contributed by atoms with E-state index < -0.39 is 0 Å². The molecule has 1 N–H and O–H groups in total. The highest BCUT2D eigenvalue weighted by atomic mass is 32.2. The molecule has 142 valence electrons. The Labute approximate surface area is 161 Å². The summed E-state index contributed by atoms with van der Waals surface area (Å²) >= 11 is 1.76. The minimum atomic E-state index is 0.222. The van der Waals surface area contributed by atoms with E-state index in [-0.39, 0.29) is 5.41 Å². The second kappa shape index (κ2) is 7.99. The largest absolute Gasteiger partial charge is 0.361 e. The van der Waals surface area contributed by atoms with Crippen molar-refractivity contribution in [2.75, 3.05) is 30.9 Å².